The van der Waals surface area contributed by atoms with E-state index in [4.69, 9.17) is 4.74 Å². The van der Waals surface area contributed by atoms with Gasteiger partial charge in [0.25, 0.3) is 0 Å². The van der Waals surface area contributed by atoms with Crippen molar-refractivity contribution in [2.45, 2.75) is 72.3 Å². The molecular weight excluding hydrogens is 427 g/mol. The van der Waals surface area contributed by atoms with Gasteiger partial charge in [0.2, 0.25) is 0 Å². The van der Waals surface area contributed by atoms with Crippen molar-refractivity contribution in [1.29, 1.82) is 0 Å². The van der Waals surface area contributed by atoms with Gasteiger partial charge in [-0.3, -0.25) is 4.79 Å². The number of esters is 1. The first kappa shape index (κ1) is 27.1. The zero-order valence-electron chi connectivity index (χ0n) is 19.5. The molecule has 0 bridgehead atoms. The molecule has 0 spiro atoms. The summed E-state index contributed by atoms with van der Waals surface area (Å²) >= 11 is 0. The molecule has 3 rings (SSSR count). The Balaban J connectivity index is 0.00000341. The third-order valence-electron chi connectivity index (χ3n) is 7.85. The van der Waals surface area contributed by atoms with Gasteiger partial charge in [0.15, 0.2) is 0 Å². The van der Waals surface area contributed by atoms with E-state index in [1.807, 2.05) is 6.92 Å². The molecule has 1 N–H and O–H groups in total. The van der Waals surface area contributed by atoms with E-state index < -0.39 is 40.0 Å². The van der Waals surface area contributed by atoms with Crippen LogP contribution in [-0.4, -0.2) is 42.5 Å². The van der Waals surface area contributed by atoms with Crippen LogP contribution in [0.15, 0.2) is 23.3 Å². The van der Waals surface area contributed by atoms with Crippen LogP contribution in [0, 0.1) is 28.6 Å². The van der Waals surface area contributed by atoms with Crippen molar-refractivity contribution in [3.05, 3.63) is 23.3 Å². The number of carbonyl (C=O) groups excluding carboxylic acids is 1. The Kier molecular flexibility index (Phi) is 8.71. The van der Waals surface area contributed by atoms with E-state index in [1.165, 1.54) is 11.1 Å². The van der Waals surface area contributed by atoms with E-state index in [0.717, 1.165) is 32.1 Å². The summed E-state index contributed by atoms with van der Waals surface area (Å²) in [6.45, 7) is 8.27. The van der Waals surface area contributed by atoms with E-state index in [2.05, 4.69) is 32.9 Å². The molecule has 170 valence electrons. The van der Waals surface area contributed by atoms with Crippen LogP contribution in [0.5, 0.6) is 0 Å². The molecule has 1 fully saturated rings. The fourth-order valence-electron chi connectivity index (χ4n) is 6.21. The second-order valence-electron chi connectivity index (χ2n) is 10.2. The molecule has 0 aliphatic heterocycles. The summed E-state index contributed by atoms with van der Waals surface area (Å²) in [6.07, 6.45) is 8.92. The van der Waals surface area contributed by atoms with Gasteiger partial charge in [0.05, 0.1) is 21.3 Å². The van der Waals surface area contributed by atoms with Crippen LogP contribution in [0.3, 0.4) is 0 Å². The zero-order valence-corrected chi connectivity index (χ0v) is 22.3. The van der Waals surface area contributed by atoms with E-state index in [1.54, 1.807) is 0 Å². The number of allylic oxidation sites excluding steroid dienone is 4. The van der Waals surface area contributed by atoms with Crippen molar-refractivity contribution in [2.24, 2.45) is 28.6 Å². The fraction of sp³-hybridized carbons (Fsp3) is 0.783. The van der Waals surface area contributed by atoms with Gasteiger partial charge in [0, 0.05) is 0 Å². The number of carbonyl (C=O) groups is 1. The van der Waals surface area contributed by atoms with Crippen molar-refractivity contribution in [3.8, 4) is 0 Å². The normalized spacial score (nSPS) is 33.9. The summed E-state index contributed by atoms with van der Waals surface area (Å²) in [5.74, 6) is -0.228. The Morgan fingerprint density at radius 2 is 2.00 bits per heavy atom. The van der Waals surface area contributed by atoms with Gasteiger partial charge in [-0.15, -0.1) is 0 Å². The topological polar surface area (TPSA) is 104 Å². The van der Waals surface area contributed by atoms with Gasteiger partial charge in [-0.05, 0) is 67.8 Å². The van der Waals surface area contributed by atoms with Gasteiger partial charge in [-0.2, -0.15) is 0 Å². The quantitative estimate of drug-likeness (QED) is 0.352. The minimum absolute atomic E-state index is 0. The molecule has 0 radical (unpaired) electrons. The maximum absolute atomic E-state index is 13.1. The number of aliphatic hydroxyl groups excluding tert-OH is 1. The molecule has 3 aliphatic carbocycles. The Hall–Kier alpha value is -0.180. The third-order valence-corrected chi connectivity index (χ3v) is 8.64. The molecule has 8 heteroatoms. The van der Waals surface area contributed by atoms with Gasteiger partial charge in [0.1, 0.15) is 12.7 Å². The molecule has 3 unspecified atom stereocenters. The Bertz CT molecular complexity index is 848. The van der Waals surface area contributed by atoms with Crippen molar-refractivity contribution >= 4 is 16.1 Å². The van der Waals surface area contributed by atoms with E-state index in [-0.39, 0.29) is 40.9 Å². The summed E-state index contributed by atoms with van der Waals surface area (Å²) in [4.78, 5) is 13.1. The zero-order chi connectivity index (χ0) is 22.3. The minimum atomic E-state index is -4.57. The van der Waals surface area contributed by atoms with Gasteiger partial charge in [-0.1, -0.05) is 44.9 Å². The summed E-state index contributed by atoms with van der Waals surface area (Å²) in [7, 11) is -4.57. The van der Waals surface area contributed by atoms with Gasteiger partial charge in [-0.25, -0.2) is 8.42 Å². The maximum atomic E-state index is 13.1. The fourth-order valence-corrected chi connectivity index (χ4v) is 6.78. The molecular formula is C23H35NaO6S. The van der Waals surface area contributed by atoms with Crippen LogP contribution in [-0.2, 0) is 19.6 Å². The van der Waals surface area contributed by atoms with E-state index >= 15 is 0 Å². The summed E-state index contributed by atoms with van der Waals surface area (Å²) in [5, 5.41) is 9.75. The van der Waals surface area contributed by atoms with Crippen molar-refractivity contribution < 1.29 is 57.2 Å². The first-order valence-electron chi connectivity index (χ1n) is 11.1. The molecule has 0 amide bonds. The Labute approximate surface area is 208 Å². The first-order chi connectivity index (χ1) is 13.9. The van der Waals surface area contributed by atoms with Crippen LogP contribution in [0.2, 0.25) is 0 Å². The maximum Gasteiger partial charge on any atom is 1.00 e. The molecule has 6 nitrogen and oxygen atoms in total. The van der Waals surface area contributed by atoms with Crippen LogP contribution in [0.4, 0.5) is 0 Å². The average molecular weight is 463 g/mol. The number of hydrogen-bond acceptors (Lipinski definition) is 6. The largest absolute Gasteiger partial charge is 1.00 e. The Morgan fingerprint density at radius 1 is 1.32 bits per heavy atom. The van der Waals surface area contributed by atoms with Gasteiger partial charge >= 0.3 is 35.5 Å². The summed E-state index contributed by atoms with van der Waals surface area (Å²) < 4.78 is 37.8. The van der Waals surface area contributed by atoms with Crippen LogP contribution < -0.4 is 29.6 Å². The number of ether oxygens (including phenoxy) is 1. The smallest absolute Gasteiger partial charge is 0.748 e. The van der Waals surface area contributed by atoms with Crippen molar-refractivity contribution in [3.63, 3.8) is 0 Å². The summed E-state index contributed by atoms with van der Waals surface area (Å²) in [5.41, 5.74) is 2.23. The van der Waals surface area contributed by atoms with Crippen molar-refractivity contribution in [1.82, 2.24) is 0 Å². The molecule has 0 aromatic carbocycles. The molecule has 3 aliphatic rings. The van der Waals surface area contributed by atoms with E-state index in [9.17, 15) is 22.9 Å². The van der Waals surface area contributed by atoms with Crippen LogP contribution in [0.25, 0.3) is 0 Å². The average Bonchev–Trinajstić information content (AvgIpc) is 2.64. The molecule has 0 aromatic rings. The number of fused-ring (bicyclic) bond motifs is 3. The predicted octanol–water partition coefficient (Wildman–Crippen LogP) is 0.575. The first-order valence-corrected chi connectivity index (χ1v) is 12.6. The van der Waals surface area contributed by atoms with Crippen molar-refractivity contribution in [2.75, 3.05) is 12.4 Å². The molecule has 1 saturated carbocycles. The van der Waals surface area contributed by atoms with Gasteiger partial charge < -0.3 is 14.4 Å². The third kappa shape index (κ3) is 5.67. The van der Waals surface area contributed by atoms with E-state index in [0.29, 0.717) is 18.3 Å². The monoisotopic (exact) mass is 462 g/mol. The second kappa shape index (κ2) is 9.98. The minimum Gasteiger partial charge on any atom is -0.748 e. The molecule has 0 aromatic heterocycles. The van der Waals surface area contributed by atoms with Crippen LogP contribution >= 0.6 is 0 Å². The van der Waals surface area contributed by atoms with Crippen LogP contribution in [0.1, 0.15) is 66.2 Å². The molecule has 0 heterocycles. The molecule has 0 saturated heterocycles. The number of aliphatic hydroxyl groups is 1. The standard InChI is InChI=1S/C23H36O6S.Na/c1-15(2)16-6-8-19-17(12-16)7-9-20-22(19,3)10-5-11-23(20,4)21(25)29-13-18(24)14-30(26,27)28;/h7,12,15,18-20,24H,5-6,8-11,13-14H2,1-4H3,(H,26,27,28);/q;+1/p-1/t18?,19?,20?,22-,23-;/m1./s1. The molecule has 5 atom stereocenters. The number of rotatable bonds is 6. The number of hydrogen-bond donors (Lipinski definition) is 1. The predicted molar refractivity (Wildman–Crippen MR) is 113 cm³/mol. The Morgan fingerprint density at radius 3 is 2.61 bits per heavy atom. The summed E-state index contributed by atoms with van der Waals surface area (Å²) in [6, 6.07) is 0. The molecule has 31 heavy (non-hydrogen) atoms. The second-order valence-corrected chi connectivity index (χ2v) is 11.7. The SMILES string of the molecule is CC(C)C1=CC2=CCC3[C@](C)(CCC[C@@]3(C)C(=O)OCC(O)CS(=O)(=O)[O-])C2CC1.[Na+].